The molecular weight excluding hydrogens is 557 g/mol. The molecule has 7 nitrogen and oxygen atoms in total. The lowest BCUT2D eigenvalue weighted by molar-refractivity contribution is -0.140. The number of nitrogens with zero attached hydrogens (tertiary/aromatic N) is 3. The number of benzene rings is 2. The molecule has 2 aromatic carbocycles. The van der Waals surface area contributed by atoms with Crippen LogP contribution in [0.5, 0.6) is 0 Å². The van der Waals surface area contributed by atoms with E-state index in [4.69, 9.17) is 5.73 Å². The van der Waals surface area contributed by atoms with Crippen molar-refractivity contribution < 1.29 is 27.9 Å². The summed E-state index contributed by atoms with van der Waals surface area (Å²) in [7, 11) is 0. The number of hydrogen-bond donors (Lipinski definition) is 2. The minimum Gasteiger partial charge on any atom is -0.392 e. The number of fused-ring (bicyclic) bond motifs is 1. The Bertz CT molecular complexity index is 1490. The van der Waals surface area contributed by atoms with Gasteiger partial charge in [-0.05, 0) is 49.1 Å². The third-order valence-electron chi connectivity index (χ3n) is 8.16. The van der Waals surface area contributed by atoms with Gasteiger partial charge in [0.1, 0.15) is 0 Å². The summed E-state index contributed by atoms with van der Waals surface area (Å²) in [5.74, 6) is -2.17. The Kier molecular flexibility index (Phi) is 8.80. The summed E-state index contributed by atoms with van der Waals surface area (Å²) in [6.07, 6.45) is 0.141. The van der Waals surface area contributed by atoms with Gasteiger partial charge in [0.15, 0.2) is 5.78 Å². The van der Waals surface area contributed by atoms with Crippen LogP contribution < -0.4 is 10.6 Å². The zero-order valence-corrected chi connectivity index (χ0v) is 23.9. The number of halogens is 3. The molecule has 0 bridgehead atoms. The zero-order chi connectivity index (χ0) is 30.8. The van der Waals surface area contributed by atoms with E-state index in [1.165, 1.54) is 17.0 Å². The molecule has 3 atom stereocenters. The third kappa shape index (κ3) is 6.55. The summed E-state index contributed by atoms with van der Waals surface area (Å²) < 4.78 is 40.2. The highest BCUT2D eigenvalue weighted by atomic mass is 19.4. The molecule has 10 heteroatoms. The minimum atomic E-state index is -4.55. The highest BCUT2D eigenvalue weighted by Crippen LogP contribution is 2.40. The number of para-hydroxylation sites is 1. The van der Waals surface area contributed by atoms with Crippen LogP contribution in [0.3, 0.4) is 0 Å². The number of aromatic nitrogens is 1. The molecule has 226 valence electrons. The first kappa shape index (κ1) is 30.6. The second-order valence-electron chi connectivity index (χ2n) is 11.4. The number of aliphatic hydroxyl groups is 1. The number of aliphatic imine (C=N–C) groups is 1. The van der Waals surface area contributed by atoms with Gasteiger partial charge in [-0.3, -0.25) is 20.3 Å². The van der Waals surface area contributed by atoms with Gasteiger partial charge in [-0.25, -0.2) is 4.99 Å². The Morgan fingerprint density at radius 3 is 2.42 bits per heavy atom. The number of ketones is 1. The SMILES string of the molecule is CCCC[C@H](O)[C@@H](CC1CC1)C(=O)C1(N)N=C(c2ccc(C(F)(F)F)cc2)c2ccccc2N(Cc2ccccn2)C1=O. The molecule has 1 fully saturated rings. The number of carbonyl (C=O) groups excluding carboxylic acids is 2. The van der Waals surface area contributed by atoms with Crippen LogP contribution in [0.1, 0.15) is 67.8 Å². The van der Waals surface area contributed by atoms with E-state index in [-0.39, 0.29) is 23.7 Å². The maximum Gasteiger partial charge on any atom is 0.416 e. The Morgan fingerprint density at radius 2 is 1.79 bits per heavy atom. The van der Waals surface area contributed by atoms with Gasteiger partial charge in [0.2, 0.25) is 5.66 Å². The molecule has 1 amide bonds. The van der Waals surface area contributed by atoms with Crippen LogP contribution in [0.25, 0.3) is 0 Å². The fourth-order valence-corrected chi connectivity index (χ4v) is 5.57. The summed E-state index contributed by atoms with van der Waals surface area (Å²) in [5, 5.41) is 11.2. The third-order valence-corrected chi connectivity index (χ3v) is 8.16. The fraction of sp³-hybridized carbons (Fsp3) is 0.394. The van der Waals surface area contributed by atoms with Crippen molar-refractivity contribution in [2.45, 2.75) is 69.9 Å². The molecule has 1 saturated carbocycles. The van der Waals surface area contributed by atoms with Gasteiger partial charge < -0.3 is 10.0 Å². The smallest absolute Gasteiger partial charge is 0.392 e. The number of unbranched alkanes of at least 4 members (excludes halogenated alkanes) is 1. The molecule has 3 aromatic rings. The molecule has 0 spiro atoms. The van der Waals surface area contributed by atoms with Crippen molar-refractivity contribution >= 4 is 23.1 Å². The number of benzodiazepines with no additional fused rings is 1. The maximum absolute atomic E-state index is 14.5. The summed E-state index contributed by atoms with van der Waals surface area (Å²) >= 11 is 0. The van der Waals surface area contributed by atoms with Gasteiger partial charge in [0, 0.05) is 23.2 Å². The van der Waals surface area contributed by atoms with Crippen LogP contribution in [0.2, 0.25) is 0 Å². The normalized spacial score (nSPS) is 20.2. The maximum atomic E-state index is 14.5. The molecule has 3 N–H and O–H groups in total. The fourth-order valence-electron chi connectivity index (χ4n) is 5.57. The Morgan fingerprint density at radius 1 is 1.09 bits per heavy atom. The predicted molar refractivity (Wildman–Crippen MR) is 157 cm³/mol. The number of amides is 1. The van der Waals surface area contributed by atoms with Crippen LogP contribution >= 0.6 is 0 Å². The van der Waals surface area contributed by atoms with E-state index in [9.17, 15) is 27.9 Å². The lowest BCUT2D eigenvalue weighted by Gasteiger charge is -2.33. The number of aliphatic hydroxyl groups excluding tert-OH is 1. The Balaban J connectivity index is 1.67. The van der Waals surface area contributed by atoms with E-state index in [2.05, 4.69) is 9.98 Å². The van der Waals surface area contributed by atoms with Gasteiger partial charge in [0.25, 0.3) is 5.91 Å². The molecule has 1 aromatic heterocycles. The van der Waals surface area contributed by atoms with E-state index < -0.39 is 41.1 Å². The van der Waals surface area contributed by atoms with Crippen molar-refractivity contribution in [1.29, 1.82) is 0 Å². The molecule has 1 unspecified atom stereocenters. The van der Waals surface area contributed by atoms with E-state index in [0.29, 0.717) is 36.2 Å². The Hall–Kier alpha value is -3.89. The largest absolute Gasteiger partial charge is 0.416 e. The number of nitrogens with two attached hydrogens (primary N) is 1. The molecule has 1 aliphatic carbocycles. The van der Waals surface area contributed by atoms with Gasteiger partial charge in [-0.2, -0.15) is 13.2 Å². The number of pyridine rings is 1. The van der Waals surface area contributed by atoms with Crippen LogP contribution in [0, 0.1) is 11.8 Å². The second kappa shape index (κ2) is 12.4. The first-order chi connectivity index (χ1) is 20.5. The number of anilines is 1. The lowest BCUT2D eigenvalue weighted by Crippen LogP contribution is -2.62. The number of carbonyl (C=O) groups is 2. The molecule has 5 rings (SSSR count). The first-order valence-electron chi connectivity index (χ1n) is 14.6. The van der Waals surface area contributed by atoms with Crippen molar-refractivity contribution in [2.24, 2.45) is 22.6 Å². The average Bonchev–Trinajstić information content (AvgIpc) is 3.84. The van der Waals surface area contributed by atoms with Crippen molar-refractivity contribution in [3.05, 3.63) is 95.3 Å². The highest BCUT2D eigenvalue weighted by molar-refractivity contribution is 6.26. The van der Waals surface area contributed by atoms with Crippen molar-refractivity contribution in [1.82, 2.24) is 4.98 Å². The van der Waals surface area contributed by atoms with Crippen molar-refractivity contribution in [3.8, 4) is 0 Å². The van der Waals surface area contributed by atoms with E-state index >= 15 is 0 Å². The van der Waals surface area contributed by atoms with Crippen molar-refractivity contribution in [3.63, 3.8) is 0 Å². The van der Waals surface area contributed by atoms with Gasteiger partial charge in [0.05, 0.1) is 35.3 Å². The molecular formula is C33H35F3N4O3. The molecule has 2 heterocycles. The zero-order valence-electron chi connectivity index (χ0n) is 23.9. The van der Waals surface area contributed by atoms with Gasteiger partial charge in [-0.15, -0.1) is 0 Å². The summed E-state index contributed by atoms with van der Waals surface area (Å²) in [6, 6.07) is 16.5. The predicted octanol–water partition coefficient (Wildman–Crippen LogP) is 5.68. The van der Waals surface area contributed by atoms with E-state index in [1.54, 1.807) is 48.7 Å². The summed E-state index contributed by atoms with van der Waals surface area (Å²) in [5.41, 5.74) is 5.27. The second-order valence-corrected chi connectivity index (χ2v) is 11.4. The van der Waals surface area contributed by atoms with Gasteiger partial charge in [-0.1, -0.05) is 69.0 Å². The van der Waals surface area contributed by atoms with Crippen LogP contribution in [-0.4, -0.2) is 39.3 Å². The summed E-state index contributed by atoms with van der Waals surface area (Å²) in [6.45, 7) is 1.96. The van der Waals surface area contributed by atoms with Crippen LogP contribution in [0.15, 0.2) is 77.9 Å². The Labute approximate surface area is 248 Å². The number of alkyl halides is 3. The molecule has 0 saturated heterocycles. The number of hydrogen-bond acceptors (Lipinski definition) is 6. The van der Waals surface area contributed by atoms with E-state index in [0.717, 1.165) is 31.4 Å². The standard InChI is InChI=1S/C33H35F3N4O3/c1-2-3-11-28(41)26(19-21-12-13-21)30(42)32(37)31(43)40(20-24-8-6-7-18-38-24)27-10-5-4-9-25(27)29(39-32)22-14-16-23(17-15-22)33(34,35)36/h4-10,14-18,21,26,28,41H,2-3,11-13,19-20,37H2,1H3/t26-,28+,32?/m1/s1. The molecule has 1 aliphatic heterocycles. The first-order valence-corrected chi connectivity index (χ1v) is 14.6. The van der Waals surface area contributed by atoms with Crippen molar-refractivity contribution in [2.75, 3.05) is 4.90 Å². The summed E-state index contributed by atoms with van der Waals surface area (Å²) in [4.78, 5) is 39.3. The monoisotopic (exact) mass is 592 g/mol. The molecule has 0 radical (unpaired) electrons. The van der Waals surface area contributed by atoms with E-state index in [1.807, 2.05) is 6.92 Å². The number of rotatable bonds is 11. The van der Waals surface area contributed by atoms with Gasteiger partial charge >= 0.3 is 6.18 Å². The highest BCUT2D eigenvalue weighted by Gasteiger charge is 2.52. The quantitative estimate of drug-likeness (QED) is 0.279. The molecule has 43 heavy (non-hydrogen) atoms. The topological polar surface area (TPSA) is 109 Å². The average molecular weight is 593 g/mol. The van der Waals surface area contributed by atoms with Crippen LogP contribution in [-0.2, 0) is 22.3 Å². The molecule has 2 aliphatic rings. The minimum absolute atomic E-state index is 0.0234. The number of Topliss-reactive ketones (excluding diaryl/α,β-unsaturated/α-hetero) is 1. The lowest BCUT2D eigenvalue weighted by atomic mass is 9.82. The van der Waals surface area contributed by atoms with Crippen LogP contribution in [0.4, 0.5) is 18.9 Å².